The SMILES string of the molecule is CCCCCCCC(C)(CCCC)C(=O)NC(C)([B]N(N)I)B(C)N(N)I. The van der Waals surface area contributed by atoms with Gasteiger partial charge in [0.05, 0.1) is 0 Å². The van der Waals surface area contributed by atoms with Gasteiger partial charge in [-0.25, -0.2) is 6.27 Å². The van der Waals surface area contributed by atoms with Crippen molar-refractivity contribution in [2.75, 3.05) is 0 Å². The van der Waals surface area contributed by atoms with Crippen LogP contribution in [-0.4, -0.2) is 31.8 Å². The zero-order valence-electron chi connectivity index (χ0n) is 17.7. The van der Waals surface area contributed by atoms with E-state index in [0.717, 1.165) is 32.1 Å². The molecule has 0 heterocycles. The summed E-state index contributed by atoms with van der Waals surface area (Å²) in [4.78, 5) is 13.4. The number of nitrogens with zero attached hydrogens (tertiary/aromatic N) is 2. The third kappa shape index (κ3) is 10.5. The van der Waals surface area contributed by atoms with Crippen LogP contribution in [0.2, 0.25) is 6.82 Å². The Morgan fingerprint density at radius 1 is 1.04 bits per heavy atom. The van der Waals surface area contributed by atoms with E-state index in [1.165, 1.54) is 28.8 Å². The molecule has 0 saturated heterocycles. The molecule has 10 heteroatoms. The van der Waals surface area contributed by atoms with Crippen LogP contribution in [0, 0.1) is 5.41 Å². The average molecular weight is 604 g/mol. The number of nitrogens with two attached hydrogens (primary N) is 2. The maximum Gasteiger partial charge on any atom is 0.271 e. The summed E-state index contributed by atoms with van der Waals surface area (Å²) in [5.74, 6) is 11.9. The number of hydrogen-bond donors (Lipinski definition) is 3. The van der Waals surface area contributed by atoms with Crippen LogP contribution in [0.3, 0.4) is 0 Å². The summed E-state index contributed by atoms with van der Waals surface area (Å²) < 4.78 is 3.05. The summed E-state index contributed by atoms with van der Waals surface area (Å²) in [7, 11) is 1.82. The Balaban J connectivity index is 5.24. The van der Waals surface area contributed by atoms with E-state index < -0.39 is 5.34 Å². The highest BCUT2D eigenvalue weighted by Gasteiger charge is 2.44. The predicted molar refractivity (Wildman–Crippen MR) is 135 cm³/mol. The minimum atomic E-state index is -0.668. The van der Waals surface area contributed by atoms with Crippen molar-refractivity contribution in [3.63, 3.8) is 0 Å². The van der Waals surface area contributed by atoms with Gasteiger partial charge in [-0.15, -0.1) is 0 Å². The van der Waals surface area contributed by atoms with Crippen molar-refractivity contribution in [2.45, 2.75) is 97.6 Å². The van der Waals surface area contributed by atoms with Crippen LogP contribution < -0.4 is 17.0 Å². The Labute approximate surface area is 196 Å². The second kappa shape index (κ2) is 14.0. The average Bonchev–Trinajstić information content (AvgIpc) is 2.58. The minimum absolute atomic E-state index is 0.0912. The number of hydrazine groups is 2. The quantitative estimate of drug-likeness (QED) is 0.0652. The zero-order valence-corrected chi connectivity index (χ0v) is 22.0. The van der Waals surface area contributed by atoms with Gasteiger partial charge >= 0.3 is 0 Å². The molecule has 2 atom stereocenters. The fraction of sp³-hybridized carbons (Fsp3) is 0.941. The monoisotopic (exact) mass is 604 g/mol. The second-order valence-corrected chi connectivity index (χ2v) is 10.3. The van der Waals surface area contributed by atoms with E-state index in [9.17, 15) is 4.79 Å². The Morgan fingerprint density at radius 3 is 2.04 bits per heavy atom. The summed E-state index contributed by atoms with van der Waals surface area (Å²) >= 11 is 4.04. The Kier molecular flexibility index (Phi) is 14.5. The van der Waals surface area contributed by atoms with E-state index in [1.54, 1.807) is 3.13 Å². The van der Waals surface area contributed by atoms with Crippen molar-refractivity contribution in [3.8, 4) is 0 Å². The molecule has 1 amide bonds. The zero-order chi connectivity index (χ0) is 21.1. The lowest BCUT2D eigenvalue weighted by Gasteiger charge is -2.40. The van der Waals surface area contributed by atoms with Gasteiger partial charge in [0, 0.05) is 56.5 Å². The number of rotatable bonds is 15. The lowest BCUT2D eigenvalue weighted by atomic mass is 9.37. The van der Waals surface area contributed by atoms with Crippen molar-refractivity contribution in [1.82, 2.24) is 11.6 Å². The third-order valence-electron chi connectivity index (χ3n) is 5.47. The molecule has 0 rings (SSSR count). The van der Waals surface area contributed by atoms with Crippen molar-refractivity contribution in [3.05, 3.63) is 0 Å². The summed E-state index contributed by atoms with van der Waals surface area (Å²) in [5, 5.41) is 2.59. The van der Waals surface area contributed by atoms with Crippen LogP contribution in [0.25, 0.3) is 0 Å². The molecular weight excluding hydrogens is 566 g/mol. The van der Waals surface area contributed by atoms with Gasteiger partial charge < -0.3 is 5.32 Å². The van der Waals surface area contributed by atoms with Crippen molar-refractivity contribution >= 4 is 65.9 Å². The molecule has 6 nitrogen and oxygen atoms in total. The molecule has 0 aliphatic heterocycles. The fourth-order valence-corrected chi connectivity index (χ4v) is 4.35. The van der Waals surface area contributed by atoms with E-state index in [4.69, 9.17) is 11.7 Å². The molecule has 0 aromatic rings. The Bertz CT molecular complexity index is 434. The molecule has 0 saturated carbocycles. The largest absolute Gasteiger partial charge is 0.362 e. The first-order chi connectivity index (χ1) is 12.5. The summed E-state index contributed by atoms with van der Waals surface area (Å²) in [6, 6.07) is 0. The van der Waals surface area contributed by atoms with Crippen LogP contribution in [0.5, 0.6) is 0 Å². The molecule has 5 N–H and O–H groups in total. The van der Waals surface area contributed by atoms with Crippen LogP contribution in [0.4, 0.5) is 0 Å². The molecule has 157 valence electrons. The number of unbranched alkanes of at least 4 members (excludes halogenated alkanes) is 5. The molecule has 27 heavy (non-hydrogen) atoms. The van der Waals surface area contributed by atoms with Crippen LogP contribution in [0.1, 0.15) is 85.5 Å². The first-order valence-corrected chi connectivity index (χ1v) is 12.0. The van der Waals surface area contributed by atoms with E-state index in [2.05, 4.69) is 26.1 Å². The number of carbonyl (C=O) groups is 1. The normalized spacial score (nSPS) is 16.1. The van der Waals surface area contributed by atoms with E-state index >= 15 is 0 Å². The van der Waals surface area contributed by atoms with Gasteiger partial charge in [-0.3, -0.25) is 16.5 Å². The van der Waals surface area contributed by atoms with Gasteiger partial charge in [-0.05, 0) is 12.8 Å². The van der Waals surface area contributed by atoms with E-state index in [0.29, 0.717) is 0 Å². The maximum absolute atomic E-state index is 13.4. The standard InChI is InChI=1S/C17H38B2I2N5O/c1-6-8-10-11-12-14-16(3,13-9-7-2)15(27)24-17(4,18-25(20)22)19(5)26(21)23/h6-14,22-23H2,1-5H3,(H,24,27). The third-order valence-corrected chi connectivity index (χ3v) is 6.59. The van der Waals surface area contributed by atoms with Gasteiger partial charge in [0.2, 0.25) is 5.91 Å². The fourth-order valence-electron chi connectivity index (χ4n) is 3.19. The predicted octanol–water partition coefficient (Wildman–Crippen LogP) is 4.21. The molecule has 2 unspecified atom stereocenters. The van der Waals surface area contributed by atoms with Gasteiger partial charge in [0.25, 0.3) is 14.3 Å². The highest BCUT2D eigenvalue weighted by molar-refractivity contribution is 14.1. The molecule has 0 fully saturated rings. The summed E-state index contributed by atoms with van der Waals surface area (Å²) in [6.07, 6.45) is 10.0. The lowest BCUT2D eigenvalue weighted by Crippen LogP contribution is -2.69. The van der Waals surface area contributed by atoms with Crippen LogP contribution in [0.15, 0.2) is 0 Å². The summed E-state index contributed by atoms with van der Waals surface area (Å²) in [5.41, 5.74) is -0.369. The molecule has 0 bridgehead atoms. The number of carbonyl (C=O) groups excluding carboxylic acids is 1. The van der Waals surface area contributed by atoms with Crippen molar-refractivity contribution in [1.29, 1.82) is 0 Å². The second-order valence-electron chi connectivity index (χ2n) is 8.06. The van der Waals surface area contributed by atoms with Crippen LogP contribution in [-0.2, 0) is 4.79 Å². The van der Waals surface area contributed by atoms with E-state index in [-0.39, 0.29) is 18.2 Å². The van der Waals surface area contributed by atoms with Gasteiger partial charge in [-0.1, -0.05) is 79.5 Å². The number of amides is 1. The first kappa shape index (κ1) is 27.9. The van der Waals surface area contributed by atoms with Gasteiger partial charge in [0.15, 0.2) is 0 Å². The van der Waals surface area contributed by atoms with E-state index in [1.807, 2.05) is 66.9 Å². The highest BCUT2D eigenvalue weighted by Crippen LogP contribution is 2.32. The Hall–Kier alpha value is 0.900. The first-order valence-electron chi connectivity index (χ1n) is 10.1. The maximum atomic E-state index is 13.4. The Morgan fingerprint density at radius 2 is 1.56 bits per heavy atom. The number of hydrogen-bond acceptors (Lipinski definition) is 5. The lowest BCUT2D eigenvalue weighted by molar-refractivity contribution is -0.131. The smallest absolute Gasteiger partial charge is 0.271 e. The van der Waals surface area contributed by atoms with Gasteiger partial charge in [-0.2, -0.15) is 0 Å². The molecule has 0 aromatic heterocycles. The number of halogens is 2. The van der Waals surface area contributed by atoms with Gasteiger partial charge in [0.1, 0.15) is 0 Å². The molecule has 0 aliphatic rings. The highest BCUT2D eigenvalue weighted by atomic mass is 127. The minimum Gasteiger partial charge on any atom is -0.362 e. The molecule has 1 radical (unpaired) electrons. The van der Waals surface area contributed by atoms with Crippen LogP contribution >= 0.6 is 45.7 Å². The molecule has 0 aromatic carbocycles. The molecule has 0 spiro atoms. The van der Waals surface area contributed by atoms with Crippen molar-refractivity contribution in [2.24, 2.45) is 17.1 Å². The number of nitrogens with one attached hydrogen (secondary N) is 1. The molecular formula is C17H38B2I2N5O. The van der Waals surface area contributed by atoms with Crippen molar-refractivity contribution < 1.29 is 4.79 Å². The molecule has 0 aliphatic carbocycles. The topological polar surface area (TPSA) is 87.6 Å². The summed E-state index contributed by atoms with van der Waals surface area (Å²) in [6.45, 7) is 10.3.